The largest absolute Gasteiger partial charge is 0.318 e. The maximum absolute atomic E-state index is 10.5. The van der Waals surface area contributed by atoms with E-state index >= 15 is 0 Å². The van der Waals surface area contributed by atoms with E-state index in [0.717, 1.165) is 77.2 Å². The zero-order valence-corrected chi connectivity index (χ0v) is 26.7. The molecular formula is C45H25N5. The van der Waals surface area contributed by atoms with Crippen molar-refractivity contribution in [3.8, 4) is 45.8 Å². The number of nitrogens with zero attached hydrogens (tertiary/aromatic N) is 5. The Kier molecular flexibility index (Phi) is 6.56. The van der Waals surface area contributed by atoms with E-state index in [4.69, 9.17) is 6.57 Å². The first-order chi connectivity index (χ1) is 24.7. The average Bonchev–Trinajstić information content (AvgIpc) is 3.69. The predicted molar refractivity (Wildman–Crippen MR) is 202 cm³/mol. The summed E-state index contributed by atoms with van der Waals surface area (Å²) in [5.74, 6) is 0. The van der Waals surface area contributed by atoms with Crippen molar-refractivity contribution in [3.63, 3.8) is 0 Å². The van der Waals surface area contributed by atoms with Crippen LogP contribution in [0.15, 0.2) is 152 Å². The van der Waals surface area contributed by atoms with Gasteiger partial charge in [-0.1, -0.05) is 97.1 Å². The summed E-state index contributed by atoms with van der Waals surface area (Å²) in [5, 5.41) is 24.4. The number of nitriles is 2. The van der Waals surface area contributed by atoms with Gasteiger partial charge in [0.25, 0.3) is 0 Å². The molecule has 0 atom stereocenters. The predicted octanol–water partition coefficient (Wildman–Crippen LogP) is 11.5. The summed E-state index contributed by atoms with van der Waals surface area (Å²) in [7, 11) is 0. The molecule has 7 aromatic carbocycles. The monoisotopic (exact) mass is 635 g/mol. The third-order valence-electron chi connectivity index (χ3n) is 9.61. The molecule has 9 rings (SSSR count). The Morgan fingerprint density at radius 2 is 1.08 bits per heavy atom. The molecule has 0 fully saturated rings. The Balaban J connectivity index is 1.22. The number of hydrogen-bond acceptors (Lipinski definition) is 2. The fourth-order valence-corrected chi connectivity index (χ4v) is 7.42. The third kappa shape index (κ3) is 4.31. The second-order valence-electron chi connectivity index (χ2n) is 12.3. The van der Waals surface area contributed by atoms with Gasteiger partial charge in [-0.3, -0.25) is 0 Å². The van der Waals surface area contributed by atoms with Crippen LogP contribution in [-0.4, -0.2) is 9.13 Å². The van der Waals surface area contributed by atoms with Gasteiger partial charge in [0.05, 0.1) is 57.2 Å². The van der Waals surface area contributed by atoms with Crippen LogP contribution in [-0.2, 0) is 0 Å². The van der Waals surface area contributed by atoms with Crippen molar-refractivity contribution in [1.29, 1.82) is 10.5 Å². The van der Waals surface area contributed by atoms with Crippen molar-refractivity contribution in [1.82, 2.24) is 9.13 Å². The Hall–Kier alpha value is -7.39. The van der Waals surface area contributed by atoms with E-state index < -0.39 is 0 Å². The molecule has 0 spiro atoms. The summed E-state index contributed by atoms with van der Waals surface area (Å²) >= 11 is 0. The molecule has 0 N–H and O–H groups in total. The molecule has 0 bridgehead atoms. The topological polar surface area (TPSA) is 61.8 Å². The first-order valence-corrected chi connectivity index (χ1v) is 16.3. The molecule has 0 aliphatic rings. The fraction of sp³-hybridized carbons (Fsp3) is 0. The van der Waals surface area contributed by atoms with Gasteiger partial charge in [0.2, 0.25) is 5.69 Å². The quantitative estimate of drug-likeness (QED) is 0.181. The van der Waals surface area contributed by atoms with Crippen LogP contribution < -0.4 is 0 Å². The first-order valence-electron chi connectivity index (χ1n) is 16.3. The molecule has 0 saturated carbocycles. The van der Waals surface area contributed by atoms with E-state index in [9.17, 15) is 10.5 Å². The van der Waals surface area contributed by atoms with Crippen LogP contribution in [0.2, 0.25) is 0 Å². The minimum atomic E-state index is 0.530. The van der Waals surface area contributed by atoms with E-state index in [1.165, 1.54) is 0 Å². The minimum absolute atomic E-state index is 0.530. The molecule has 9 aromatic rings. The van der Waals surface area contributed by atoms with Gasteiger partial charge in [0.15, 0.2) is 0 Å². The number of hydrogen-bond donors (Lipinski definition) is 0. The van der Waals surface area contributed by atoms with E-state index in [0.29, 0.717) is 16.8 Å². The molecular weight excluding hydrogens is 611 g/mol. The van der Waals surface area contributed by atoms with E-state index in [-0.39, 0.29) is 0 Å². The fourth-order valence-electron chi connectivity index (χ4n) is 7.42. The van der Waals surface area contributed by atoms with Crippen molar-refractivity contribution in [2.45, 2.75) is 0 Å². The normalized spacial score (nSPS) is 11.1. The lowest BCUT2D eigenvalue weighted by molar-refractivity contribution is 1.17. The van der Waals surface area contributed by atoms with E-state index in [1.54, 1.807) is 0 Å². The molecule has 0 unspecified atom stereocenters. The molecule has 0 amide bonds. The number of aromatic nitrogens is 2. The van der Waals surface area contributed by atoms with Gasteiger partial charge in [-0.15, -0.1) is 0 Å². The molecule has 2 aromatic heterocycles. The van der Waals surface area contributed by atoms with Crippen LogP contribution in [0.1, 0.15) is 11.1 Å². The lowest BCUT2D eigenvalue weighted by Crippen LogP contribution is -1.99. The smallest absolute Gasteiger partial charge is 0.211 e. The Morgan fingerprint density at radius 1 is 0.480 bits per heavy atom. The van der Waals surface area contributed by atoms with Gasteiger partial charge in [-0.25, -0.2) is 4.85 Å². The van der Waals surface area contributed by atoms with Gasteiger partial charge in [0.1, 0.15) is 6.07 Å². The lowest BCUT2D eigenvalue weighted by Gasteiger charge is -2.17. The Morgan fingerprint density at radius 3 is 1.76 bits per heavy atom. The molecule has 0 aliphatic carbocycles. The summed E-state index contributed by atoms with van der Waals surface area (Å²) in [6.07, 6.45) is 0. The molecule has 5 nitrogen and oxygen atoms in total. The SMILES string of the molecule is [C-]#[N+]c1cccc(-c2cccc(-c3ccc(-n4c5ccccc5c5ccccc54)c(C#N)c3)c2)c1-n1c2ccccc2c2cc(C#N)ccc21. The molecule has 0 aliphatic heterocycles. The van der Waals surface area contributed by atoms with Crippen LogP contribution >= 0.6 is 0 Å². The van der Waals surface area contributed by atoms with Crippen LogP contribution in [0.25, 0.3) is 82.1 Å². The highest BCUT2D eigenvalue weighted by Gasteiger charge is 2.20. The van der Waals surface area contributed by atoms with Gasteiger partial charge in [-0.2, -0.15) is 10.5 Å². The van der Waals surface area contributed by atoms with Crippen LogP contribution in [0.4, 0.5) is 5.69 Å². The maximum atomic E-state index is 10.5. The molecule has 0 saturated heterocycles. The lowest BCUT2D eigenvalue weighted by atomic mass is 9.96. The second-order valence-corrected chi connectivity index (χ2v) is 12.3. The number of fused-ring (bicyclic) bond motifs is 6. The van der Waals surface area contributed by atoms with Gasteiger partial charge in [-0.05, 0) is 76.9 Å². The van der Waals surface area contributed by atoms with Gasteiger partial charge in [0, 0.05) is 21.5 Å². The average molecular weight is 636 g/mol. The summed E-state index contributed by atoms with van der Waals surface area (Å²) in [6, 6.07) is 55.4. The minimum Gasteiger partial charge on any atom is -0.318 e. The Labute approximate surface area is 288 Å². The third-order valence-corrected chi connectivity index (χ3v) is 9.61. The zero-order valence-electron chi connectivity index (χ0n) is 26.7. The molecule has 230 valence electrons. The summed E-state index contributed by atoms with van der Waals surface area (Å²) in [6.45, 7) is 8.16. The second kappa shape index (κ2) is 11.4. The zero-order chi connectivity index (χ0) is 33.8. The molecule has 2 heterocycles. The molecule has 50 heavy (non-hydrogen) atoms. The van der Waals surface area contributed by atoms with Crippen LogP contribution in [0, 0.1) is 29.2 Å². The first kappa shape index (κ1) is 28.8. The number of rotatable bonds is 4. The van der Waals surface area contributed by atoms with E-state index in [2.05, 4.69) is 92.8 Å². The number of para-hydroxylation sites is 4. The van der Waals surface area contributed by atoms with E-state index in [1.807, 2.05) is 84.9 Å². The van der Waals surface area contributed by atoms with Crippen molar-refractivity contribution < 1.29 is 0 Å². The van der Waals surface area contributed by atoms with Crippen molar-refractivity contribution in [3.05, 3.63) is 174 Å². The highest BCUT2D eigenvalue weighted by molar-refractivity contribution is 6.11. The van der Waals surface area contributed by atoms with Crippen molar-refractivity contribution in [2.24, 2.45) is 0 Å². The summed E-state index contributed by atoms with van der Waals surface area (Å²) in [5.41, 5.74) is 11.1. The summed E-state index contributed by atoms with van der Waals surface area (Å²) in [4.78, 5) is 3.98. The standard InChI is InChI=1S/C45H25N5/c1-48-39-16-9-15-34(45(39)50-43-19-7-4-14-37(43)38-24-29(27-46)20-22-44(38)50)32-11-8-10-30(25-32)31-21-23-40(33(26-31)28-47)49-41-17-5-2-12-35(41)36-13-3-6-18-42(36)49/h2-26H. The van der Waals surface area contributed by atoms with Crippen molar-refractivity contribution in [2.75, 3.05) is 0 Å². The highest BCUT2D eigenvalue weighted by Crippen LogP contribution is 2.42. The highest BCUT2D eigenvalue weighted by atomic mass is 15.0. The Bertz CT molecular complexity index is 2920. The van der Waals surface area contributed by atoms with Gasteiger partial charge >= 0.3 is 0 Å². The molecule has 5 heteroatoms. The van der Waals surface area contributed by atoms with Gasteiger partial charge < -0.3 is 9.13 Å². The van der Waals surface area contributed by atoms with Crippen LogP contribution in [0.3, 0.4) is 0 Å². The molecule has 0 radical (unpaired) electrons. The van der Waals surface area contributed by atoms with Crippen molar-refractivity contribution >= 4 is 49.3 Å². The maximum Gasteiger partial charge on any atom is 0.211 e. The van der Waals surface area contributed by atoms with Crippen LogP contribution in [0.5, 0.6) is 0 Å². The number of benzene rings is 7. The summed E-state index contributed by atoms with van der Waals surface area (Å²) < 4.78 is 4.33.